The number of carboxylic acids is 1. The molecule has 0 aromatic carbocycles. The number of aromatic carboxylic acids is 1. The third-order valence-electron chi connectivity index (χ3n) is 2.10. The van der Waals surface area contributed by atoms with Crippen molar-refractivity contribution < 1.29 is 23.1 Å². The van der Waals surface area contributed by atoms with E-state index in [0.29, 0.717) is 0 Å². The van der Waals surface area contributed by atoms with Gasteiger partial charge in [0.15, 0.2) is 0 Å². The SMILES string of the molecule is O=C(O)c1c[nH]c2c(C(F)(F)F)ccnc12. The van der Waals surface area contributed by atoms with E-state index in [1.807, 2.05) is 0 Å². The molecule has 2 aromatic heterocycles. The van der Waals surface area contributed by atoms with Crippen LogP contribution in [0.3, 0.4) is 0 Å². The van der Waals surface area contributed by atoms with Crippen molar-refractivity contribution in [3.63, 3.8) is 0 Å². The van der Waals surface area contributed by atoms with Crippen molar-refractivity contribution in [3.8, 4) is 0 Å². The summed E-state index contributed by atoms with van der Waals surface area (Å²) in [6, 6.07) is 0.796. The first-order valence-electron chi connectivity index (χ1n) is 4.18. The van der Waals surface area contributed by atoms with E-state index in [2.05, 4.69) is 9.97 Å². The van der Waals surface area contributed by atoms with Crippen LogP contribution in [0.25, 0.3) is 11.0 Å². The van der Waals surface area contributed by atoms with Gasteiger partial charge in [0.25, 0.3) is 0 Å². The lowest BCUT2D eigenvalue weighted by molar-refractivity contribution is -0.136. The van der Waals surface area contributed by atoms with E-state index in [0.717, 1.165) is 18.5 Å². The second-order valence-corrected chi connectivity index (χ2v) is 3.09. The number of H-pyrrole nitrogens is 1. The highest BCUT2D eigenvalue weighted by atomic mass is 19.4. The number of nitrogens with zero attached hydrogens (tertiary/aromatic N) is 1. The van der Waals surface area contributed by atoms with Crippen molar-refractivity contribution in [2.24, 2.45) is 0 Å². The van der Waals surface area contributed by atoms with E-state index >= 15 is 0 Å². The molecule has 7 heteroatoms. The van der Waals surface area contributed by atoms with Crippen molar-refractivity contribution >= 4 is 17.0 Å². The molecule has 16 heavy (non-hydrogen) atoms. The number of aromatic nitrogens is 2. The molecule has 0 saturated heterocycles. The highest BCUT2D eigenvalue weighted by Crippen LogP contribution is 2.34. The highest BCUT2D eigenvalue weighted by Gasteiger charge is 2.34. The van der Waals surface area contributed by atoms with Crippen LogP contribution in [0.2, 0.25) is 0 Å². The summed E-state index contributed by atoms with van der Waals surface area (Å²) in [4.78, 5) is 16.6. The first kappa shape index (κ1) is 10.5. The summed E-state index contributed by atoms with van der Waals surface area (Å²) >= 11 is 0. The predicted molar refractivity (Wildman–Crippen MR) is 48.1 cm³/mol. The van der Waals surface area contributed by atoms with Gasteiger partial charge in [-0.1, -0.05) is 0 Å². The quantitative estimate of drug-likeness (QED) is 0.789. The summed E-state index contributed by atoms with van der Waals surface area (Å²) in [5.41, 5.74) is -1.71. The van der Waals surface area contributed by atoms with Crippen molar-refractivity contribution in [3.05, 3.63) is 29.6 Å². The molecule has 0 aliphatic heterocycles. The molecule has 4 nitrogen and oxygen atoms in total. The van der Waals surface area contributed by atoms with Gasteiger partial charge in [0, 0.05) is 12.4 Å². The van der Waals surface area contributed by atoms with E-state index in [-0.39, 0.29) is 16.6 Å². The summed E-state index contributed by atoms with van der Waals surface area (Å²) in [6.07, 6.45) is -2.61. The molecule has 2 heterocycles. The summed E-state index contributed by atoms with van der Waals surface area (Å²) in [5.74, 6) is -1.32. The van der Waals surface area contributed by atoms with E-state index in [9.17, 15) is 18.0 Å². The van der Waals surface area contributed by atoms with Gasteiger partial charge in [-0.3, -0.25) is 4.98 Å². The van der Waals surface area contributed by atoms with Gasteiger partial charge in [-0.2, -0.15) is 13.2 Å². The fourth-order valence-electron chi connectivity index (χ4n) is 1.42. The number of halogens is 3. The first-order chi connectivity index (χ1) is 7.41. The molecule has 2 aromatic rings. The molecule has 0 amide bonds. The molecular weight excluding hydrogens is 225 g/mol. The lowest BCUT2D eigenvalue weighted by Gasteiger charge is -2.06. The van der Waals surface area contributed by atoms with Gasteiger partial charge in [0.05, 0.1) is 11.1 Å². The average molecular weight is 230 g/mol. The Kier molecular flexibility index (Phi) is 2.11. The first-order valence-corrected chi connectivity index (χ1v) is 4.18. The van der Waals surface area contributed by atoms with Crippen molar-refractivity contribution in [2.45, 2.75) is 6.18 Å². The van der Waals surface area contributed by atoms with Crippen LogP contribution in [0.15, 0.2) is 18.5 Å². The Bertz CT molecular complexity index is 559. The minimum atomic E-state index is -4.54. The largest absolute Gasteiger partial charge is 0.478 e. The molecule has 0 spiro atoms. The number of pyridine rings is 1. The Labute approximate surface area is 86.7 Å². The van der Waals surface area contributed by atoms with Gasteiger partial charge in [0.2, 0.25) is 0 Å². The number of hydrogen-bond acceptors (Lipinski definition) is 2. The Balaban J connectivity index is 2.77. The average Bonchev–Trinajstić information content (AvgIpc) is 2.58. The molecule has 0 fully saturated rings. The van der Waals surface area contributed by atoms with Crippen LogP contribution in [0, 0.1) is 0 Å². The van der Waals surface area contributed by atoms with Gasteiger partial charge < -0.3 is 10.1 Å². The minimum absolute atomic E-state index is 0.192. The number of carboxylic acid groups (broad SMARTS) is 1. The fraction of sp³-hybridized carbons (Fsp3) is 0.111. The second kappa shape index (κ2) is 3.22. The monoisotopic (exact) mass is 230 g/mol. The van der Waals surface area contributed by atoms with Gasteiger partial charge in [-0.25, -0.2) is 4.79 Å². The smallest absolute Gasteiger partial charge is 0.418 e. The van der Waals surface area contributed by atoms with Gasteiger partial charge in [0.1, 0.15) is 11.1 Å². The Hall–Kier alpha value is -2.05. The minimum Gasteiger partial charge on any atom is -0.478 e. The molecule has 0 bridgehead atoms. The van der Waals surface area contributed by atoms with E-state index < -0.39 is 17.7 Å². The van der Waals surface area contributed by atoms with Gasteiger partial charge in [-0.15, -0.1) is 0 Å². The summed E-state index contributed by atoms with van der Waals surface area (Å²) in [5, 5.41) is 8.72. The number of alkyl halides is 3. The summed E-state index contributed by atoms with van der Waals surface area (Å²) in [7, 11) is 0. The fourth-order valence-corrected chi connectivity index (χ4v) is 1.42. The zero-order valence-corrected chi connectivity index (χ0v) is 7.67. The number of fused-ring (bicyclic) bond motifs is 1. The van der Waals surface area contributed by atoms with Crippen LogP contribution < -0.4 is 0 Å². The van der Waals surface area contributed by atoms with Crippen molar-refractivity contribution in [2.75, 3.05) is 0 Å². The van der Waals surface area contributed by atoms with Gasteiger partial charge in [-0.05, 0) is 6.07 Å². The molecule has 0 unspecified atom stereocenters. The summed E-state index contributed by atoms with van der Waals surface area (Å²) < 4.78 is 37.6. The Morgan fingerprint density at radius 1 is 1.44 bits per heavy atom. The lowest BCUT2D eigenvalue weighted by atomic mass is 10.2. The highest BCUT2D eigenvalue weighted by molar-refractivity contribution is 6.02. The van der Waals surface area contributed by atoms with E-state index in [1.165, 1.54) is 0 Å². The second-order valence-electron chi connectivity index (χ2n) is 3.09. The van der Waals surface area contributed by atoms with Crippen LogP contribution in [-0.2, 0) is 6.18 Å². The van der Waals surface area contributed by atoms with Crippen LogP contribution in [0.1, 0.15) is 15.9 Å². The lowest BCUT2D eigenvalue weighted by Crippen LogP contribution is -2.06. The molecule has 0 atom stereocenters. The summed E-state index contributed by atoms with van der Waals surface area (Å²) in [6.45, 7) is 0. The maximum Gasteiger partial charge on any atom is 0.418 e. The number of rotatable bonds is 1. The van der Waals surface area contributed by atoms with E-state index in [4.69, 9.17) is 5.11 Å². The number of carbonyl (C=O) groups is 1. The van der Waals surface area contributed by atoms with Gasteiger partial charge >= 0.3 is 12.1 Å². The van der Waals surface area contributed by atoms with Crippen LogP contribution in [0.4, 0.5) is 13.2 Å². The molecule has 84 valence electrons. The van der Waals surface area contributed by atoms with Crippen LogP contribution >= 0.6 is 0 Å². The third kappa shape index (κ3) is 1.50. The molecular formula is C9H5F3N2O2. The number of aromatic amines is 1. The van der Waals surface area contributed by atoms with Crippen molar-refractivity contribution in [1.82, 2.24) is 9.97 Å². The maximum absolute atomic E-state index is 12.5. The third-order valence-corrected chi connectivity index (χ3v) is 2.10. The normalized spacial score (nSPS) is 11.9. The Morgan fingerprint density at radius 3 is 2.69 bits per heavy atom. The molecule has 2 N–H and O–H groups in total. The topological polar surface area (TPSA) is 66.0 Å². The van der Waals surface area contributed by atoms with Crippen molar-refractivity contribution in [1.29, 1.82) is 0 Å². The molecule has 2 rings (SSSR count). The zero-order chi connectivity index (χ0) is 11.9. The molecule has 0 saturated carbocycles. The number of hydrogen-bond donors (Lipinski definition) is 2. The zero-order valence-electron chi connectivity index (χ0n) is 7.67. The number of nitrogens with one attached hydrogen (secondary N) is 1. The van der Waals surface area contributed by atoms with Crippen LogP contribution in [0.5, 0.6) is 0 Å². The molecule has 0 radical (unpaired) electrons. The molecule has 0 aliphatic rings. The predicted octanol–water partition coefficient (Wildman–Crippen LogP) is 2.28. The maximum atomic E-state index is 12.5. The molecule has 0 aliphatic carbocycles. The van der Waals surface area contributed by atoms with Crippen LogP contribution in [-0.4, -0.2) is 21.0 Å². The Morgan fingerprint density at radius 2 is 2.12 bits per heavy atom. The van der Waals surface area contributed by atoms with E-state index in [1.54, 1.807) is 0 Å². The standard InChI is InChI=1S/C9H5F3N2O2/c10-9(11,12)5-1-2-13-6-4(8(15)16)3-14-7(5)6/h1-3,14H,(H,15,16).